The maximum atomic E-state index is 12.2. The molecule has 1 aromatic carbocycles. The van der Waals surface area contributed by atoms with Gasteiger partial charge in [0.15, 0.2) is 11.5 Å². The highest BCUT2D eigenvalue weighted by atomic mass is 19.4. The predicted octanol–water partition coefficient (Wildman–Crippen LogP) is 2.60. The van der Waals surface area contributed by atoms with Crippen molar-refractivity contribution < 1.29 is 18.0 Å². The number of hydrogen-bond acceptors (Lipinski definition) is 4. The van der Waals surface area contributed by atoms with Crippen LogP contribution < -0.4 is 5.32 Å². The topological polar surface area (TPSA) is 72.2 Å². The summed E-state index contributed by atoms with van der Waals surface area (Å²) in [6, 6.07) is 9.36. The van der Waals surface area contributed by atoms with E-state index in [4.69, 9.17) is 0 Å². The quantitative estimate of drug-likeness (QED) is 0.787. The molecule has 0 aliphatic rings. The highest BCUT2D eigenvalue weighted by Gasteiger charge is 2.38. The van der Waals surface area contributed by atoms with Crippen LogP contribution in [0, 0.1) is 6.92 Å². The number of amides is 1. The molecule has 0 atom stereocenters. The van der Waals surface area contributed by atoms with E-state index >= 15 is 0 Å². The third-order valence-electron chi connectivity index (χ3n) is 3.11. The van der Waals surface area contributed by atoms with Gasteiger partial charge in [-0.3, -0.25) is 4.79 Å². The smallest absolute Gasteiger partial charge is 0.318 e. The summed E-state index contributed by atoms with van der Waals surface area (Å²) in [5.41, 5.74) is 1.94. The Bertz CT molecular complexity index is 870. The number of anilines is 1. The molecule has 0 aliphatic carbocycles. The molecule has 0 radical (unpaired) electrons. The van der Waals surface area contributed by atoms with Gasteiger partial charge in [-0.1, -0.05) is 12.1 Å². The summed E-state index contributed by atoms with van der Waals surface area (Å²) in [7, 11) is 0. The number of aryl methyl sites for hydroxylation is 1. The minimum atomic E-state index is -4.92. The summed E-state index contributed by atoms with van der Waals surface area (Å²) in [5.74, 6) is -1.39. The van der Waals surface area contributed by atoms with E-state index in [0.29, 0.717) is 22.7 Å². The zero-order valence-electron chi connectivity index (χ0n) is 11.8. The van der Waals surface area contributed by atoms with Crippen molar-refractivity contribution in [2.24, 2.45) is 0 Å². The molecule has 0 fully saturated rings. The Kier molecular flexibility index (Phi) is 3.47. The summed E-state index contributed by atoms with van der Waals surface area (Å²) in [6.07, 6.45) is -4.92. The van der Waals surface area contributed by atoms with Crippen molar-refractivity contribution in [3.8, 4) is 11.3 Å². The maximum absolute atomic E-state index is 12.2. The van der Waals surface area contributed by atoms with E-state index in [9.17, 15) is 18.0 Å². The molecule has 3 aromatic rings. The fourth-order valence-corrected chi connectivity index (χ4v) is 1.98. The van der Waals surface area contributed by atoms with E-state index in [-0.39, 0.29) is 5.69 Å². The molecule has 9 heteroatoms. The Labute approximate surface area is 128 Å². The van der Waals surface area contributed by atoms with Crippen LogP contribution in [-0.2, 0) is 4.79 Å². The lowest BCUT2D eigenvalue weighted by Gasteiger charge is -2.08. The van der Waals surface area contributed by atoms with Crippen LogP contribution in [0.2, 0.25) is 0 Å². The molecule has 0 unspecified atom stereocenters. The second-order valence-electron chi connectivity index (χ2n) is 4.77. The van der Waals surface area contributed by atoms with Gasteiger partial charge in [-0.05, 0) is 31.2 Å². The zero-order valence-corrected chi connectivity index (χ0v) is 11.8. The van der Waals surface area contributed by atoms with Crippen molar-refractivity contribution in [2.45, 2.75) is 13.1 Å². The minimum Gasteiger partial charge on any atom is -0.318 e. The lowest BCUT2D eigenvalue weighted by molar-refractivity contribution is -0.167. The fraction of sp³-hybridized carbons (Fsp3) is 0.143. The first kappa shape index (κ1) is 14.9. The molecule has 0 saturated heterocycles. The number of benzene rings is 1. The summed E-state index contributed by atoms with van der Waals surface area (Å²) >= 11 is 0. The first-order chi connectivity index (χ1) is 10.8. The van der Waals surface area contributed by atoms with Gasteiger partial charge in [0.2, 0.25) is 0 Å². The van der Waals surface area contributed by atoms with Gasteiger partial charge in [0.05, 0.1) is 5.69 Å². The molecule has 6 nitrogen and oxygen atoms in total. The Hall–Kier alpha value is -2.97. The van der Waals surface area contributed by atoms with Crippen LogP contribution in [0.4, 0.5) is 18.9 Å². The molecular weight excluding hydrogens is 311 g/mol. The first-order valence-corrected chi connectivity index (χ1v) is 6.52. The number of hydrogen-bond donors (Lipinski definition) is 1. The first-order valence-electron chi connectivity index (χ1n) is 6.52. The maximum Gasteiger partial charge on any atom is 0.471 e. The van der Waals surface area contributed by atoms with Crippen LogP contribution in [0.5, 0.6) is 0 Å². The van der Waals surface area contributed by atoms with E-state index in [1.165, 1.54) is 12.1 Å². The van der Waals surface area contributed by atoms with Crippen LogP contribution in [-0.4, -0.2) is 31.9 Å². The van der Waals surface area contributed by atoms with Gasteiger partial charge in [-0.15, -0.1) is 10.2 Å². The second-order valence-corrected chi connectivity index (χ2v) is 4.77. The molecule has 2 aromatic heterocycles. The van der Waals surface area contributed by atoms with Crippen molar-refractivity contribution in [3.05, 3.63) is 42.2 Å². The number of alkyl halides is 3. The molecule has 23 heavy (non-hydrogen) atoms. The van der Waals surface area contributed by atoms with Gasteiger partial charge in [0.25, 0.3) is 0 Å². The van der Waals surface area contributed by atoms with Crippen LogP contribution >= 0.6 is 0 Å². The van der Waals surface area contributed by atoms with Gasteiger partial charge < -0.3 is 5.32 Å². The monoisotopic (exact) mass is 321 g/mol. The Morgan fingerprint density at radius 3 is 2.43 bits per heavy atom. The molecule has 118 valence electrons. The summed E-state index contributed by atoms with van der Waals surface area (Å²) < 4.78 is 38.2. The number of aromatic nitrogens is 4. The van der Waals surface area contributed by atoms with Crippen LogP contribution in [0.25, 0.3) is 16.9 Å². The highest BCUT2D eigenvalue weighted by Crippen LogP contribution is 2.22. The average Bonchev–Trinajstić information content (AvgIpc) is 2.88. The standard InChI is InChI=1S/C14H10F3N5O/c1-8-19-20-12-7-6-11(21-22(8)12)9-2-4-10(5-3-9)18-13(23)14(15,16)17/h2-7H,1H3,(H,18,23). The number of nitrogens with one attached hydrogen (secondary N) is 1. The molecule has 0 spiro atoms. The van der Waals surface area contributed by atoms with Crippen molar-refractivity contribution >= 4 is 17.2 Å². The third-order valence-corrected chi connectivity index (χ3v) is 3.11. The van der Waals surface area contributed by atoms with Crippen molar-refractivity contribution in [2.75, 3.05) is 5.32 Å². The number of fused-ring (bicyclic) bond motifs is 1. The largest absolute Gasteiger partial charge is 0.471 e. The molecule has 1 amide bonds. The van der Waals surface area contributed by atoms with Crippen LogP contribution in [0.3, 0.4) is 0 Å². The van der Waals surface area contributed by atoms with E-state index < -0.39 is 12.1 Å². The van der Waals surface area contributed by atoms with Gasteiger partial charge in [0, 0.05) is 11.3 Å². The number of nitrogens with zero attached hydrogens (tertiary/aromatic N) is 4. The molecule has 0 aliphatic heterocycles. The number of halogens is 3. The third kappa shape index (κ3) is 2.98. The lowest BCUT2D eigenvalue weighted by atomic mass is 10.1. The van der Waals surface area contributed by atoms with E-state index in [1.54, 1.807) is 41.0 Å². The van der Waals surface area contributed by atoms with E-state index in [0.717, 1.165) is 0 Å². The van der Waals surface area contributed by atoms with E-state index in [1.807, 2.05) is 0 Å². The molecular formula is C14H10F3N5O. The van der Waals surface area contributed by atoms with Gasteiger partial charge in [0.1, 0.15) is 0 Å². The zero-order chi connectivity index (χ0) is 16.6. The van der Waals surface area contributed by atoms with Gasteiger partial charge >= 0.3 is 12.1 Å². The van der Waals surface area contributed by atoms with Gasteiger partial charge in [-0.2, -0.15) is 22.8 Å². The van der Waals surface area contributed by atoms with Gasteiger partial charge in [-0.25, -0.2) is 0 Å². The Balaban J connectivity index is 1.86. The fourth-order valence-electron chi connectivity index (χ4n) is 1.98. The summed E-state index contributed by atoms with van der Waals surface area (Å²) in [5, 5.41) is 14.0. The Morgan fingerprint density at radius 1 is 1.09 bits per heavy atom. The van der Waals surface area contributed by atoms with Crippen molar-refractivity contribution in [1.82, 2.24) is 19.8 Å². The number of carbonyl (C=O) groups is 1. The molecule has 0 saturated carbocycles. The molecule has 0 bridgehead atoms. The summed E-state index contributed by atoms with van der Waals surface area (Å²) in [4.78, 5) is 10.9. The SMILES string of the molecule is Cc1nnc2ccc(-c3ccc(NC(=O)C(F)(F)F)cc3)nn12. The second kappa shape index (κ2) is 5.34. The normalized spacial score (nSPS) is 11.7. The van der Waals surface area contributed by atoms with Crippen molar-refractivity contribution in [3.63, 3.8) is 0 Å². The van der Waals surface area contributed by atoms with Crippen molar-refractivity contribution in [1.29, 1.82) is 0 Å². The lowest BCUT2D eigenvalue weighted by Crippen LogP contribution is -2.29. The van der Waals surface area contributed by atoms with Crippen LogP contribution in [0.15, 0.2) is 36.4 Å². The predicted molar refractivity (Wildman–Crippen MR) is 75.6 cm³/mol. The number of carbonyl (C=O) groups excluding carboxylic acids is 1. The highest BCUT2D eigenvalue weighted by molar-refractivity contribution is 5.95. The minimum absolute atomic E-state index is 0.0534. The Morgan fingerprint density at radius 2 is 1.78 bits per heavy atom. The van der Waals surface area contributed by atoms with Crippen LogP contribution in [0.1, 0.15) is 5.82 Å². The summed E-state index contributed by atoms with van der Waals surface area (Å²) in [6.45, 7) is 1.76. The number of rotatable bonds is 2. The molecule has 3 rings (SSSR count). The average molecular weight is 321 g/mol. The molecule has 1 N–H and O–H groups in total. The molecule has 2 heterocycles. The van der Waals surface area contributed by atoms with E-state index in [2.05, 4.69) is 15.3 Å².